The van der Waals surface area contributed by atoms with Gasteiger partial charge in [-0.2, -0.15) is 0 Å². The molecule has 0 bridgehead atoms. The van der Waals surface area contributed by atoms with E-state index in [9.17, 15) is 4.79 Å². The number of rotatable bonds is 9. The van der Waals surface area contributed by atoms with Crippen molar-refractivity contribution >= 4 is 17.6 Å². The van der Waals surface area contributed by atoms with E-state index in [2.05, 4.69) is 9.80 Å². The van der Waals surface area contributed by atoms with Crippen molar-refractivity contribution in [2.24, 2.45) is 0 Å². The molecule has 1 aromatic rings. The van der Waals surface area contributed by atoms with E-state index in [4.69, 9.17) is 21.4 Å². The van der Waals surface area contributed by atoms with Crippen LogP contribution >= 0.6 is 11.6 Å². The number of carboxylic acids is 1. The molecule has 1 aromatic carbocycles. The first-order valence-electron chi connectivity index (χ1n) is 8.18. The molecule has 0 radical (unpaired) electrons. The first kappa shape index (κ1) is 18.0. The molecule has 0 amide bonds. The summed E-state index contributed by atoms with van der Waals surface area (Å²) in [5, 5.41) is 9.34. The third kappa shape index (κ3) is 7.20. The zero-order valence-corrected chi connectivity index (χ0v) is 14.2. The number of halogens is 1. The summed E-state index contributed by atoms with van der Waals surface area (Å²) in [6.45, 7) is 6.80. The van der Waals surface area contributed by atoms with Gasteiger partial charge < -0.3 is 14.7 Å². The molecule has 0 unspecified atom stereocenters. The van der Waals surface area contributed by atoms with Crippen LogP contribution in [-0.4, -0.2) is 66.8 Å². The Morgan fingerprint density at radius 1 is 1.04 bits per heavy atom. The molecule has 0 saturated carbocycles. The highest BCUT2D eigenvalue weighted by Gasteiger charge is 2.16. The van der Waals surface area contributed by atoms with Crippen LogP contribution in [0.1, 0.15) is 19.3 Å². The summed E-state index contributed by atoms with van der Waals surface area (Å²) in [4.78, 5) is 15.3. The lowest BCUT2D eigenvalue weighted by Crippen LogP contribution is -2.47. The minimum Gasteiger partial charge on any atom is -0.492 e. The van der Waals surface area contributed by atoms with E-state index in [1.54, 1.807) is 0 Å². The van der Waals surface area contributed by atoms with Crippen molar-refractivity contribution in [1.29, 1.82) is 0 Å². The maximum absolute atomic E-state index is 10.5. The molecule has 0 atom stereocenters. The zero-order valence-electron chi connectivity index (χ0n) is 13.4. The van der Waals surface area contributed by atoms with Gasteiger partial charge in [0.15, 0.2) is 0 Å². The molecular weight excluding hydrogens is 316 g/mol. The van der Waals surface area contributed by atoms with Crippen molar-refractivity contribution in [3.63, 3.8) is 0 Å². The lowest BCUT2D eigenvalue weighted by Gasteiger charge is -2.34. The van der Waals surface area contributed by atoms with Crippen molar-refractivity contribution in [1.82, 2.24) is 9.80 Å². The fraction of sp³-hybridized carbons (Fsp3) is 0.588. The van der Waals surface area contributed by atoms with Crippen molar-refractivity contribution in [3.8, 4) is 5.75 Å². The summed E-state index contributed by atoms with van der Waals surface area (Å²) in [5.41, 5.74) is 0. The summed E-state index contributed by atoms with van der Waals surface area (Å²) in [6, 6.07) is 7.44. The number of piperazine rings is 1. The van der Waals surface area contributed by atoms with Crippen molar-refractivity contribution in [2.45, 2.75) is 19.3 Å². The number of nitrogens with zero attached hydrogens (tertiary/aromatic N) is 2. The van der Waals surface area contributed by atoms with Gasteiger partial charge in [0.25, 0.3) is 0 Å². The molecule has 6 heteroatoms. The highest BCUT2D eigenvalue weighted by atomic mass is 35.5. The predicted octanol–water partition coefficient (Wildman–Crippen LogP) is 2.59. The fourth-order valence-corrected chi connectivity index (χ4v) is 2.80. The van der Waals surface area contributed by atoms with Gasteiger partial charge in [-0.05, 0) is 43.7 Å². The summed E-state index contributed by atoms with van der Waals surface area (Å²) in [7, 11) is 0. The minimum atomic E-state index is -0.699. The molecule has 0 aromatic heterocycles. The van der Waals surface area contributed by atoms with E-state index in [0.29, 0.717) is 6.61 Å². The molecule has 1 heterocycles. The molecule has 2 rings (SSSR count). The molecule has 128 valence electrons. The fourth-order valence-electron chi connectivity index (χ4n) is 2.67. The highest BCUT2D eigenvalue weighted by molar-refractivity contribution is 6.30. The second-order valence-electron chi connectivity index (χ2n) is 5.84. The number of hydrogen-bond acceptors (Lipinski definition) is 4. The summed E-state index contributed by atoms with van der Waals surface area (Å²) in [6.07, 6.45) is 2.01. The largest absolute Gasteiger partial charge is 0.492 e. The van der Waals surface area contributed by atoms with Crippen LogP contribution in [-0.2, 0) is 4.79 Å². The number of ether oxygens (including phenoxy) is 1. The third-order valence-corrected chi connectivity index (χ3v) is 4.32. The third-order valence-electron chi connectivity index (χ3n) is 4.07. The number of benzene rings is 1. The van der Waals surface area contributed by atoms with Gasteiger partial charge >= 0.3 is 5.97 Å². The van der Waals surface area contributed by atoms with Gasteiger partial charge in [-0.3, -0.25) is 9.69 Å². The Bertz CT molecular complexity index is 473. The first-order valence-corrected chi connectivity index (χ1v) is 8.56. The lowest BCUT2D eigenvalue weighted by atomic mass is 10.2. The monoisotopic (exact) mass is 340 g/mol. The van der Waals surface area contributed by atoms with E-state index >= 15 is 0 Å². The SMILES string of the molecule is O=C(O)CCCCN1CCN(CCOc2ccc(Cl)cc2)CC1. The second-order valence-corrected chi connectivity index (χ2v) is 6.27. The van der Waals surface area contributed by atoms with Crippen LogP contribution in [0.25, 0.3) is 0 Å². The minimum absolute atomic E-state index is 0.280. The number of hydrogen-bond donors (Lipinski definition) is 1. The molecule has 1 N–H and O–H groups in total. The average molecular weight is 341 g/mol. The van der Waals surface area contributed by atoms with Crippen LogP contribution in [0.5, 0.6) is 5.75 Å². The molecule has 1 aliphatic rings. The molecular formula is C17H25ClN2O3. The maximum Gasteiger partial charge on any atom is 0.303 e. The van der Waals surface area contributed by atoms with Crippen LogP contribution in [0.15, 0.2) is 24.3 Å². The van der Waals surface area contributed by atoms with Gasteiger partial charge in [-0.25, -0.2) is 0 Å². The number of aliphatic carboxylic acids is 1. The molecule has 5 nitrogen and oxygen atoms in total. The van der Waals surface area contributed by atoms with Crippen molar-refractivity contribution in [2.75, 3.05) is 45.9 Å². The molecule has 1 fully saturated rings. The Labute approximate surface area is 142 Å². The van der Waals surface area contributed by atoms with Crippen LogP contribution in [0, 0.1) is 0 Å². The highest BCUT2D eigenvalue weighted by Crippen LogP contribution is 2.15. The first-order chi connectivity index (χ1) is 11.1. The standard InChI is InChI=1S/C17H25ClN2O3/c18-15-4-6-16(7-5-15)23-14-13-20-11-9-19(10-12-20)8-2-1-3-17(21)22/h4-7H,1-3,8-14H2,(H,21,22). The van der Waals surface area contributed by atoms with Gasteiger partial charge in [-0.1, -0.05) is 11.6 Å². The van der Waals surface area contributed by atoms with Gasteiger partial charge in [-0.15, -0.1) is 0 Å². The molecule has 0 spiro atoms. The molecule has 1 aliphatic heterocycles. The number of carboxylic acid groups (broad SMARTS) is 1. The Balaban J connectivity index is 1.54. The van der Waals surface area contributed by atoms with Crippen LogP contribution < -0.4 is 4.74 Å². The van der Waals surface area contributed by atoms with Gasteiger partial charge in [0.1, 0.15) is 12.4 Å². The maximum atomic E-state index is 10.5. The Hall–Kier alpha value is -1.30. The number of carbonyl (C=O) groups is 1. The summed E-state index contributed by atoms with van der Waals surface area (Å²) >= 11 is 5.84. The second kappa shape index (κ2) is 9.75. The zero-order chi connectivity index (χ0) is 16.5. The average Bonchev–Trinajstić information content (AvgIpc) is 2.55. The predicted molar refractivity (Wildman–Crippen MR) is 91.3 cm³/mol. The quantitative estimate of drug-likeness (QED) is 0.700. The molecule has 0 aliphatic carbocycles. The van der Waals surface area contributed by atoms with E-state index in [1.807, 2.05) is 24.3 Å². The summed E-state index contributed by atoms with van der Waals surface area (Å²) < 4.78 is 5.72. The van der Waals surface area contributed by atoms with E-state index in [0.717, 1.165) is 62.9 Å². The Morgan fingerprint density at radius 2 is 1.65 bits per heavy atom. The van der Waals surface area contributed by atoms with Crippen molar-refractivity contribution < 1.29 is 14.6 Å². The van der Waals surface area contributed by atoms with Crippen LogP contribution in [0.2, 0.25) is 5.02 Å². The smallest absolute Gasteiger partial charge is 0.303 e. The number of unbranched alkanes of at least 4 members (excludes halogenated alkanes) is 1. The van der Waals surface area contributed by atoms with Crippen LogP contribution in [0.4, 0.5) is 0 Å². The van der Waals surface area contributed by atoms with Gasteiger partial charge in [0.05, 0.1) is 0 Å². The Kier molecular flexibility index (Phi) is 7.65. The normalized spacial score (nSPS) is 16.4. The van der Waals surface area contributed by atoms with Crippen LogP contribution in [0.3, 0.4) is 0 Å². The van der Waals surface area contributed by atoms with Gasteiger partial charge in [0, 0.05) is 44.2 Å². The van der Waals surface area contributed by atoms with Gasteiger partial charge in [0.2, 0.25) is 0 Å². The van der Waals surface area contributed by atoms with Crippen molar-refractivity contribution in [3.05, 3.63) is 29.3 Å². The topological polar surface area (TPSA) is 53.0 Å². The molecule has 23 heavy (non-hydrogen) atoms. The summed E-state index contributed by atoms with van der Waals surface area (Å²) in [5.74, 6) is 0.155. The van der Waals surface area contributed by atoms with E-state index in [-0.39, 0.29) is 6.42 Å². The molecule has 1 saturated heterocycles. The van der Waals surface area contributed by atoms with E-state index in [1.165, 1.54) is 0 Å². The van der Waals surface area contributed by atoms with E-state index < -0.39 is 5.97 Å². The lowest BCUT2D eigenvalue weighted by molar-refractivity contribution is -0.137. The Morgan fingerprint density at radius 3 is 2.26 bits per heavy atom.